The number of aromatic hydroxyl groups is 1. The molecule has 2 aromatic rings. The predicted molar refractivity (Wildman–Crippen MR) is 81.1 cm³/mol. The van der Waals surface area contributed by atoms with Crippen LogP contribution in [-0.4, -0.2) is 10.9 Å². The Kier molecular flexibility index (Phi) is 4.57. The van der Waals surface area contributed by atoms with Gasteiger partial charge >= 0.3 is 0 Å². The van der Waals surface area contributed by atoms with E-state index in [4.69, 9.17) is 0 Å². The Labute approximate surface area is 120 Å². The van der Waals surface area contributed by atoms with Gasteiger partial charge in [-0.05, 0) is 35.6 Å². The molecule has 0 bridgehead atoms. The topological polar surface area (TPSA) is 37.3 Å². The van der Waals surface area contributed by atoms with E-state index in [0.29, 0.717) is 17.9 Å². The summed E-state index contributed by atoms with van der Waals surface area (Å²) in [6.07, 6.45) is 1.23. The van der Waals surface area contributed by atoms with Gasteiger partial charge in [-0.25, -0.2) is 0 Å². The highest BCUT2D eigenvalue weighted by Gasteiger charge is 2.13. The maximum absolute atomic E-state index is 12.3. The van der Waals surface area contributed by atoms with E-state index in [1.165, 1.54) is 0 Å². The van der Waals surface area contributed by atoms with Gasteiger partial charge in [-0.1, -0.05) is 50.2 Å². The molecule has 0 aliphatic carbocycles. The second-order valence-corrected chi connectivity index (χ2v) is 5.54. The maximum atomic E-state index is 12.3. The molecule has 0 radical (unpaired) electrons. The minimum Gasteiger partial charge on any atom is -0.507 e. The molecule has 0 spiro atoms. The minimum absolute atomic E-state index is 0.0423. The zero-order valence-corrected chi connectivity index (χ0v) is 12.0. The van der Waals surface area contributed by atoms with Crippen LogP contribution in [0.2, 0.25) is 0 Å². The zero-order valence-electron chi connectivity index (χ0n) is 12.0. The average molecular weight is 268 g/mol. The number of Topliss-reactive ketones (excluding diaryl/α,β-unsaturated/α-hetero) is 1. The fraction of sp³-hybridized carbons (Fsp3) is 0.278. The van der Waals surface area contributed by atoms with Gasteiger partial charge in [0.1, 0.15) is 5.75 Å². The number of phenols is 1. The lowest BCUT2D eigenvalue weighted by molar-refractivity contribution is 0.0990. The number of hydrogen-bond donors (Lipinski definition) is 1. The first-order chi connectivity index (χ1) is 9.56. The molecule has 0 aromatic heterocycles. The molecule has 20 heavy (non-hydrogen) atoms. The first-order valence-electron chi connectivity index (χ1n) is 6.95. The van der Waals surface area contributed by atoms with Crippen molar-refractivity contribution in [1.29, 1.82) is 0 Å². The molecule has 0 saturated carbocycles. The Morgan fingerprint density at radius 2 is 1.75 bits per heavy atom. The van der Waals surface area contributed by atoms with Crippen molar-refractivity contribution in [3.8, 4) is 5.75 Å². The van der Waals surface area contributed by atoms with Crippen molar-refractivity contribution in [2.45, 2.75) is 26.7 Å². The molecule has 0 heterocycles. The predicted octanol–water partition coefficient (Wildman–Crippen LogP) is 4.02. The van der Waals surface area contributed by atoms with E-state index in [9.17, 15) is 9.90 Å². The number of hydrogen-bond acceptors (Lipinski definition) is 2. The molecule has 2 heteroatoms. The van der Waals surface area contributed by atoms with Gasteiger partial charge in [0.2, 0.25) is 0 Å². The molecule has 0 unspecified atom stereocenters. The number of carbonyl (C=O) groups excluding carboxylic acids is 1. The summed E-state index contributed by atoms with van der Waals surface area (Å²) in [6, 6.07) is 14.9. The van der Waals surface area contributed by atoms with Crippen molar-refractivity contribution in [2.24, 2.45) is 5.92 Å². The average Bonchev–Trinajstić information content (AvgIpc) is 2.41. The summed E-state index contributed by atoms with van der Waals surface area (Å²) in [6.45, 7) is 4.27. The van der Waals surface area contributed by atoms with E-state index in [1.807, 2.05) is 42.5 Å². The lowest BCUT2D eigenvalue weighted by atomic mass is 9.96. The van der Waals surface area contributed by atoms with Crippen LogP contribution in [0.15, 0.2) is 48.5 Å². The molecule has 1 N–H and O–H groups in total. The Morgan fingerprint density at radius 1 is 1.05 bits per heavy atom. The molecule has 0 fully saturated rings. The smallest absolute Gasteiger partial charge is 0.170 e. The van der Waals surface area contributed by atoms with Crippen LogP contribution in [0.4, 0.5) is 0 Å². The fourth-order valence-electron chi connectivity index (χ4n) is 2.28. The Balaban J connectivity index is 2.20. The van der Waals surface area contributed by atoms with Crippen LogP contribution in [0.5, 0.6) is 5.75 Å². The lowest BCUT2D eigenvalue weighted by Gasteiger charge is -2.09. The summed E-state index contributed by atoms with van der Waals surface area (Å²) in [5.41, 5.74) is 2.48. The van der Waals surface area contributed by atoms with E-state index in [0.717, 1.165) is 17.5 Å². The minimum atomic E-state index is -0.0423. The number of rotatable bonds is 5. The van der Waals surface area contributed by atoms with Gasteiger partial charge in [0.05, 0.1) is 5.56 Å². The molecule has 0 saturated heterocycles. The molecule has 0 amide bonds. The second kappa shape index (κ2) is 6.38. The summed E-state index contributed by atoms with van der Waals surface area (Å²) in [5.74, 6) is 0.550. The normalized spacial score (nSPS) is 10.8. The Bertz CT molecular complexity index is 586. The van der Waals surface area contributed by atoms with Crippen LogP contribution in [-0.2, 0) is 12.8 Å². The van der Waals surface area contributed by atoms with Crippen molar-refractivity contribution in [2.75, 3.05) is 0 Å². The second-order valence-electron chi connectivity index (χ2n) is 5.54. The van der Waals surface area contributed by atoms with Crippen LogP contribution in [0.25, 0.3) is 0 Å². The van der Waals surface area contributed by atoms with Gasteiger partial charge in [-0.15, -0.1) is 0 Å². The van der Waals surface area contributed by atoms with Gasteiger partial charge in [0.15, 0.2) is 5.78 Å². The summed E-state index contributed by atoms with van der Waals surface area (Å²) < 4.78 is 0. The zero-order chi connectivity index (χ0) is 14.5. The third-order valence-electron chi connectivity index (χ3n) is 3.21. The standard InChI is InChI=1S/C18H20O2/c1-13(2)10-15-8-9-17(19)16(11-15)18(20)12-14-6-4-3-5-7-14/h3-9,11,13,19H,10,12H2,1-2H3. The number of ketones is 1. The van der Waals surface area contributed by atoms with E-state index in [2.05, 4.69) is 13.8 Å². The van der Waals surface area contributed by atoms with Crippen LogP contribution in [0.3, 0.4) is 0 Å². The third-order valence-corrected chi connectivity index (χ3v) is 3.21. The van der Waals surface area contributed by atoms with Gasteiger partial charge in [-0.2, -0.15) is 0 Å². The highest BCUT2D eigenvalue weighted by atomic mass is 16.3. The first-order valence-corrected chi connectivity index (χ1v) is 6.95. The van der Waals surface area contributed by atoms with Crippen molar-refractivity contribution in [1.82, 2.24) is 0 Å². The molecule has 2 rings (SSSR count). The summed E-state index contributed by atoms with van der Waals surface area (Å²) in [4.78, 5) is 12.3. The van der Waals surface area contributed by atoms with E-state index in [-0.39, 0.29) is 11.5 Å². The van der Waals surface area contributed by atoms with Crippen LogP contribution >= 0.6 is 0 Å². The van der Waals surface area contributed by atoms with E-state index >= 15 is 0 Å². The molecule has 2 nitrogen and oxygen atoms in total. The lowest BCUT2D eigenvalue weighted by Crippen LogP contribution is -2.05. The molecule has 2 aromatic carbocycles. The van der Waals surface area contributed by atoms with Gasteiger partial charge in [0.25, 0.3) is 0 Å². The SMILES string of the molecule is CC(C)Cc1ccc(O)c(C(=O)Cc2ccccc2)c1. The fourth-order valence-corrected chi connectivity index (χ4v) is 2.28. The monoisotopic (exact) mass is 268 g/mol. The highest BCUT2D eigenvalue weighted by Crippen LogP contribution is 2.22. The number of carbonyl (C=O) groups is 1. The summed E-state index contributed by atoms with van der Waals surface area (Å²) in [7, 11) is 0. The Hall–Kier alpha value is -2.09. The van der Waals surface area contributed by atoms with Gasteiger partial charge < -0.3 is 5.11 Å². The largest absolute Gasteiger partial charge is 0.507 e. The van der Waals surface area contributed by atoms with Crippen molar-refractivity contribution < 1.29 is 9.90 Å². The maximum Gasteiger partial charge on any atom is 0.170 e. The molecule has 0 aliphatic rings. The van der Waals surface area contributed by atoms with Crippen molar-refractivity contribution in [3.05, 3.63) is 65.2 Å². The highest BCUT2D eigenvalue weighted by molar-refractivity contribution is 6.00. The van der Waals surface area contributed by atoms with Crippen LogP contribution < -0.4 is 0 Å². The Morgan fingerprint density at radius 3 is 2.40 bits per heavy atom. The summed E-state index contributed by atoms with van der Waals surface area (Å²) >= 11 is 0. The van der Waals surface area contributed by atoms with Crippen molar-refractivity contribution >= 4 is 5.78 Å². The first kappa shape index (κ1) is 14.3. The third kappa shape index (κ3) is 3.70. The molecule has 104 valence electrons. The quantitative estimate of drug-likeness (QED) is 0.832. The number of benzene rings is 2. The molecule has 0 atom stereocenters. The van der Waals surface area contributed by atoms with E-state index < -0.39 is 0 Å². The van der Waals surface area contributed by atoms with Crippen molar-refractivity contribution in [3.63, 3.8) is 0 Å². The van der Waals surface area contributed by atoms with Crippen LogP contribution in [0, 0.1) is 5.92 Å². The molecular weight excluding hydrogens is 248 g/mol. The van der Waals surface area contributed by atoms with E-state index in [1.54, 1.807) is 6.07 Å². The number of phenolic OH excluding ortho intramolecular Hbond substituents is 1. The summed E-state index contributed by atoms with van der Waals surface area (Å²) in [5, 5.41) is 9.90. The molecular formula is C18H20O2. The van der Waals surface area contributed by atoms with Gasteiger partial charge in [0, 0.05) is 6.42 Å². The van der Waals surface area contributed by atoms with Crippen LogP contribution in [0.1, 0.15) is 35.3 Å². The molecule has 0 aliphatic heterocycles. The van der Waals surface area contributed by atoms with Gasteiger partial charge in [-0.3, -0.25) is 4.79 Å².